The van der Waals surface area contributed by atoms with Gasteiger partial charge in [0.05, 0.1) is 5.41 Å². The molecule has 6 heteroatoms. The number of carbonyl (C=O) groups is 1. The van der Waals surface area contributed by atoms with Gasteiger partial charge >= 0.3 is 13.5 Å². The van der Waals surface area contributed by atoms with Crippen molar-refractivity contribution in [3.8, 4) is 0 Å². The number of ether oxygens (including phenoxy) is 1. The van der Waals surface area contributed by atoms with Gasteiger partial charge in [0.1, 0.15) is 0 Å². The summed E-state index contributed by atoms with van der Waals surface area (Å²) in [7, 11) is -0.137. The maximum absolute atomic E-state index is 11.6. The number of rotatable bonds is 5. The second-order valence-corrected chi connectivity index (χ2v) is 5.18. The van der Waals surface area contributed by atoms with Gasteiger partial charge in [0.15, 0.2) is 6.73 Å². The molecule has 0 spiro atoms. The number of carbonyl (C=O) groups excluding carboxylic acids is 1. The monoisotopic (exact) mass is 262 g/mol. The molecule has 0 aliphatic heterocycles. The minimum atomic E-state index is -0.543. The molecule has 0 bridgehead atoms. The van der Waals surface area contributed by atoms with E-state index in [0.717, 1.165) is 0 Å². The third-order valence-corrected chi connectivity index (χ3v) is 2.59. The molecule has 0 aliphatic rings. The van der Waals surface area contributed by atoms with Gasteiger partial charge in [-0.2, -0.15) is 0 Å². The Morgan fingerprint density at radius 1 is 1.53 bits per heavy atom. The lowest BCUT2D eigenvalue weighted by Gasteiger charge is -2.18. The molecular weight excluding hydrogens is 243 g/mol. The summed E-state index contributed by atoms with van der Waals surface area (Å²) < 4.78 is 5.10. The summed E-state index contributed by atoms with van der Waals surface area (Å²) in [5, 5.41) is 19.5. The Bertz CT molecular complexity index is 469. The third-order valence-electron chi connectivity index (χ3n) is 2.59. The summed E-state index contributed by atoms with van der Waals surface area (Å²) in [6.07, 6.45) is 1.17. The van der Waals surface area contributed by atoms with Crippen molar-refractivity contribution in [1.29, 1.82) is 5.41 Å². The van der Waals surface area contributed by atoms with Crippen molar-refractivity contribution in [2.75, 3.05) is 12.0 Å². The molecule has 0 atom stereocenters. The Labute approximate surface area is 113 Å². The SMILES string of the molecule is CC(C)(C)C(=O)OCNc1cccc(BO)c1C=N. The Hall–Kier alpha value is -1.82. The topological polar surface area (TPSA) is 82.4 Å². The highest BCUT2D eigenvalue weighted by atomic mass is 16.5. The van der Waals surface area contributed by atoms with Crippen LogP contribution in [0.2, 0.25) is 0 Å². The van der Waals surface area contributed by atoms with E-state index >= 15 is 0 Å². The fourth-order valence-corrected chi connectivity index (χ4v) is 1.47. The van der Waals surface area contributed by atoms with E-state index in [2.05, 4.69) is 5.32 Å². The van der Waals surface area contributed by atoms with E-state index in [9.17, 15) is 9.82 Å². The first-order valence-electron chi connectivity index (χ1n) is 6.04. The first-order chi connectivity index (χ1) is 8.90. The molecule has 0 aromatic heterocycles. The van der Waals surface area contributed by atoms with E-state index in [1.165, 1.54) is 6.21 Å². The Kier molecular flexibility index (Phi) is 5.12. The van der Waals surface area contributed by atoms with Gasteiger partial charge in [-0.1, -0.05) is 12.1 Å². The van der Waals surface area contributed by atoms with E-state index in [4.69, 9.17) is 10.1 Å². The van der Waals surface area contributed by atoms with Gasteiger partial charge in [-0.15, -0.1) is 0 Å². The zero-order valence-corrected chi connectivity index (χ0v) is 11.5. The van der Waals surface area contributed by atoms with Crippen LogP contribution in [0.4, 0.5) is 5.69 Å². The van der Waals surface area contributed by atoms with Crippen LogP contribution < -0.4 is 10.8 Å². The quantitative estimate of drug-likeness (QED) is 0.314. The van der Waals surface area contributed by atoms with Crippen LogP contribution in [0.25, 0.3) is 0 Å². The number of nitrogens with one attached hydrogen (secondary N) is 2. The molecule has 102 valence electrons. The fraction of sp³-hybridized carbons (Fsp3) is 0.385. The Morgan fingerprint density at radius 2 is 2.21 bits per heavy atom. The van der Waals surface area contributed by atoms with E-state index in [0.29, 0.717) is 16.7 Å². The van der Waals surface area contributed by atoms with Crippen LogP contribution in [0, 0.1) is 10.8 Å². The van der Waals surface area contributed by atoms with Crippen LogP contribution in [0.1, 0.15) is 26.3 Å². The van der Waals surface area contributed by atoms with Crippen molar-refractivity contribution in [3.05, 3.63) is 23.8 Å². The molecule has 0 unspecified atom stereocenters. The zero-order chi connectivity index (χ0) is 14.5. The summed E-state index contributed by atoms with van der Waals surface area (Å²) in [5.41, 5.74) is 1.36. The van der Waals surface area contributed by atoms with E-state index in [1.807, 2.05) is 0 Å². The normalized spacial score (nSPS) is 10.7. The number of hydrogen-bond donors (Lipinski definition) is 3. The predicted octanol–water partition coefficient (Wildman–Crippen LogP) is 0.612. The highest BCUT2D eigenvalue weighted by Gasteiger charge is 2.22. The fourth-order valence-electron chi connectivity index (χ4n) is 1.47. The molecule has 0 radical (unpaired) electrons. The van der Waals surface area contributed by atoms with Gasteiger partial charge in [-0.3, -0.25) is 4.79 Å². The van der Waals surface area contributed by atoms with Crippen LogP contribution in [0.15, 0.2) is 18.2 Å². The molecule has 3 N–H and O–H groups in total. The lowest BCUT2D eigenvalue weighted by Crippen LogP contribution is -2.26. The second kappa shape index (κ2) is 6.38. The maximum Gasteiger partial charge on any atom is 0.312 e. The summed E-state index contributed by atoms with van der Waals surface area (Å²) in [6, 6.07) is 5.28. The smallest absolute Gasteiger partial charge is 0.312 e. The zero-order valence-electron chi connectivity index (χ0n) is 11.5. The van der Waals surface area contributed by atoms with Crippen LogP contribution in [-0.4, -0.2) is 31.4 Å². The largest absolute Gasteiger partial charge is 0.449 e. The molecule has 1 aromatic rings. The van der Waals surface area contributed by atoms with Crippen molar-refractivity contribution in [2.45, 2.75) is 20.8 Å². The molecule has 19 heavy (non-hydrogen) atoms. The van der Waals surface area contributed by atoms with Gasteiger partial charge < -0.3 is 20.5 Å². The first kappa shape index (κ1) is 15.2. The summed E-state index contributed by atoms with van der Waals surface area (Å²) in [5.74, 6) is -0.297. The number of esters is 1. The molecule has 0 amide bonds. The van der Waals surface area contributed by atoms with Crippen LogP contribution in [0.5, 0.6) is 0 Å². The molecule has 1 rings (SSSR count). The van der Waals surface area contributed by atoms with Crippen LogP contribution >= 0.6 is 0 Å². The minimum absolute atomic E-state index is 0.0336. The van der Waals surface area contributed by atoms with Crippen LogP contribution in [0.3, 0.4) is 0 Å². The molecule has 0 aliphatic carbocycles. The van der Waals surface area contributed by atoms with Gasteiger partial charge in [0.2, 0.25) is 0 Å². The van der Waals surface area contributed by atoms with Crippen molar-refractivity contribution >= 4 is 30.8 Å². The lowest BCUT2D eigenvalue weighted by molar-refractivity contribution is -0.152. The molecule has 0 heterocycles. The molecule has 1 aromatic carbocycles. The van der Waals surface area contributed by atoms with Crippen molar-refractivity contribution in [1.82, 2.24) is 0 Å². The van der Waals surface area contributed by atoms with Gasteiger partial charge in [0.25, 0.3) is 0 Å². The molecular formula is C13H19BN2O3. The number of hydrogen-bond acceptors (Lipinski definition) is 5. The standard InChI is InChI=1S/C13H19BN2O3/c1-13(2,3)12(17)19-8-16-11-6-4-5-10(14-18)9(11)7-15/h4-7,14-16,18H,8H2,1-3H3. The van der Waals surface area contributed by atoms with Gasteiger partial charge in [0, 0.05) is 17.5 Å². The van der Waals surface area contributed by atoms with E-state index in [1.54, 1.807) is 39.0 Å². The Morgan fingerprint density at radius 3 is 2.74 bits per heavy atom. The third kappa shape index (κ3) is 4.10. The summed E-state index contributed by atoms with van der Waals surface area (Å²) >= 11 is 0. The molecule has 0 saturated heterocycles. The predicted molar refractivity (Wildman–Crippen MR) is 77.4 cm³/mol. The van der Waals surface area contributed by atoms with Crippen molar-refractivity contribution in [3.63, 3.8) is 0 Å². The van der Waals surface area contributed by atoms with Crippen molar-refractivity contribution < 1.29 is 14.6 Å². The number of anilines is 1. The molecule has 5 nitrogen and oxygen atoms in total. The van der Waals surface area contributed by atoms with Crippen LogP contribution in [-0.2, 0) is 9.53 Å². The maximum atomic E-state index is 11.6. The summed E-state index contributed by atoms with van der Waals surface area (Å²) in [4.78, 5) is 11.6. The lowest BCUT2D eigenvalue weighted by atomic mass is 9.84. The average Bonchev–Trinajstić information content (AvgIpc) is 2.37. The molecule has 0 fully saturated rings. The average molecular weight is 262 g/mol. The van der Waals surface area contributed by atoms with E-state index in [-0.39, 0.29) is 20.2 Å². The molecule has 0 saturated carbocycles. The van der Waals surface area contributed by atoms with E-state index < -0.39 is 5.41 Å². The van der Waals surface area contributed by atoms with Gasteiger partial charge in [-0.05, 0) is 32.3 Å². The summed E-state index contributed by atoms with van der Waals surface area (Å²) in [6.45, 7) is 5.38. The second-order valence-electron chi connectivity index (χ2n) is 5.18. The minimum Gasteiger partial charge on any atom is -0.449 e. The highest BCUT2D eigenvalue weighted by molar-refractivity contribution is 6.48. The Balaban J connectivity index is 2.69. The van der Waals surface area contributed by atoms with Crippen molar-refractivity contribution in [2.24, 2.45) is 5.41 Å². The highest BCUT2D eigenvalue weighted by Crippen LogP contribution is 2.15. The van der Waals surface area contributed by atoms with Gasteiger partial charge in [-0.25, -0.2) is 0 Å². The first-order valence-corrected chi connectivity index (χ1v) is 6.04. The number of benzene rings is 1.